The van der Waals surface area contributed by atoms with Gasteiger partial charge in [0.25, 0.3) is 0 Å². The van der Waals surface area contributed by atoms with Crippen molar-refractivity contribution in [3.63, 3.8) is 0 Å². The van der Waals surface area contributed by atoms with Crippen molar-refractivity contribution >= 4 is 52.5 Å². The number of pyridine rings is 1. The van der Waals surface area contributed by atoms with E-state index in [0.717, 1.165) is 32.3 Å². The zero-order valence-electron chi connectivity index (χ0n) is 20.1. The first-order valence-electron chi connectivity index (χ1n) is 11.5. The lowest BCUT2D eigenvalue weighted by Gasteiger charge is -2.09. The Balaban J connectivity index is 1.34. The van der Waals surface area contributed by atoms with Crippen molar-refractivity contribution in [2.45, 2.75) is 6.54 Å². The minimum Gasteiger partial charge on any atom is -0.383 e. The number of nitrogens with one attached hydrogen (secondary N) is 2. The van der Waals surface area contributed by atoms with Crippen LogP contribution >= 0.6 is 19.2 Å². The fourth-order valence-corrected chi connectivity index (χ4v) is 5.40. The van der Waals surface area contributed by atoms with E-state index in [4.69, 9.17) is 15.5 Å². The van der Waals surface area contributed by atoms with Gasteiger partial charge in [0.05, 0.1) is 19.3 Å². The molecular formula is C25H22FN6O5PS. The molecule has 5 rings (SSSR count). The van der Waals surface area contributed by atoms with Gasteiger partial charge in [-0.3, -0.25) is 9.21 Å². The number of anilines is 3. The van der Waals surface area contributed by atoms with Crippen LogP contribution < -0.4 is 16.4 Å². The number of aromatic nitrogens is 3. The Labute approximate surface area is 225 Å². The lowest BCUT2D eigenvalue weighted by molar-refractivity contribution is 0.188. The van der Waals surface area contributed by atoms with Crippen molar-refractivity contribution in [1.29, 1.82) is 0 Å². The first kappa shape index (κ1) is 26.5. The predicted molar refractivity (Wildman–Crippen MR) is 148 cm³/mol. The molecule has 14 heteroatoms. The normalized spacial score (nSPS) is 11.6. The maximum absolute atomic E-state index is 13.3. The number of nitrogen functional groups attached to an aromatic ring is 1. The molecule has 0 atom stereocenters. The summed E-state index contributed by atoms with van der Waals surface area (Å²) in [4.78, 5) is 34.3. The molecular weight excluding hydrogens is 546 g/mol. The van der Waals surface area contributed by atoms with Crippen LogP contribution in [-0.4, -0.2) is 37.2 Å². The van der Waals surface area contributed by atoms with Crippen molar-refractivity contribution in [3.8, 4) is 22.3 Å². The SMILES string of the molecule is Nc1ncc(-c2cnn(CCOP(=O)(O)O)c2)c2scc(-c3ccc(NC(=O)Nc4cccc(F)c4)cc3)c12. The molecule has 6 N–H and O–H groups in total. The highest BCUT2D eigenvalue weighted by Gasteiger charge is 2.17. The predicted octanol–water partition coefficient (Wildman–Crippen LogP) is 5.30. The summed E-state index contributed by atoms with van der Waals surface area (Å²) in [6.45, 7) is -0.0335. The fraction of sp³-hybridized carbons (Fsp3) is 0.0800. The number of carbonyl (C=O) groups is 1. The summed E-state index contributed by atoms with van der Waals surface area (Å²) in [5.74, 6) is -0.0808. The molecule has 0 unspecified atom stereocenters. The van der Waals surface area contributed by atoms with Crippen molar-refractivity contribution in [2.24, 2.45) is 0 Å². The first-order valence-corrected chi connectivity index (χ1v) is 13.9. The number of nitrogens with zero attached hydrogens (tertiary/aromatic N) is 3. The third-order valence-corrected chi connectivity index (χ3v) is 7.22. The molecule has 0 fully saturated rings. The molecule has 3 aromatic heterocycles. The van der Waals surface area contributed by atoms with Gasteiger partial charge in [-0.2, -0.15) is 5.10 Å². The summed E-state index contributed by atoms with van der Waals surface area (Å²) in [5.41, 5.74) is 10.5. The number of carbonyl (C=O) groups excluding carboxylic acids is 1. The molecule has 0 saturated heterocycles. The van der Waals surface area contributed by atoms with Crippen LogP contribution in [0.25, 0.3) is 32.3 Å². The highest BCUT2D eigenvalue weighted by molar-refractivity contribution is 7.46. The van der Waals surface area contributed by atoms with E-state index in [9.17, 15) is 13.8 Å². The zero-order chi connectivity index (χ0) is 27.6. The Bertz CT molecular complexity index is 1700. The van der Waals surface area contributed by atoms with Crippen LogP contribution in [0.4, 0.5) is 26.4 Å². The summed E-state index contributed by atoms with van der Waals surface area (Å²) in [7, 11) is -4.54. The monoisotopic (exact) mass is 568 g/mol. The third kappa shape index (κ3) is 6.30. The molecule has 2 amide bonds. The van der Waals surface area contributed by atoms with Crippen molar-refractivity contribution in [1.82, 2.24) is 14.8 Å². The summed E-state index contributed by atoms with van der Waals surface area (Å²) in [6, 6.07) is 12.3. The van der Waals surface area contributed by atoms with Gasteiger partial charge in [-0.25, -0.2) is 18.7 Å². The number of amides is 2. The fourth-order valence-electron chi connectivity index (χ4n) is 3.96. The molecule has 0 radical (unpaired) electrons. The number of thiophene rings is 1. The molecule has 0 spiro atoms. The van der Waals surface area contributed by atoms with Crippen molar-refractivity contribution in [3.05, 3.63) is 78.3 Å². The molecule has 0 aliphatic rings. The molecule has 2 aromatic carbocycles. The topological polar surface area (TPSA) is 165 Å². The van der Waals surface area contributed by atoms with Crippen LogP contribution in [0.3, 0.4) is 0 Å². The van der Waals surface area contributed by atoms with Crippen LogP contribution in [0, 0.1) is 5.82 Å². The molecule has 5 aromatic rings. The van der Waals surface area contributed by atoms with E-state index in [-0.39, 0.29) is 13.2 Å². The second-order valence-electron chi connectivity index (χ2n) is 8.39. The van der Waals surface area contributed by atoms with Gasteiger partial charge in [0.15, 0.2) is 0 Å². The van der Waals surface area contributed by atoms with Gasteiger partial charge < -0.3 is 26.2 Å². The average Bonchev–Trinajstić information content (AvgIpc) is 3.52. The lowest BCUT2D eigenvalue weighted by atomic mass is 10.0. The number of urea groups is 1. The van der Waals surface area contributed by atoms with E-state index in [0.29, 0.717) is 17.2 Å². The minimum absolute atomic E-state index is 0.160. The van der Waals surface area contributed by atoms with Gasteiger partial charge in [0, 0.05) is 50.5 Å². The van der Waals surface area contributed by atoms with Crippen LogP contribution in [0.1, 0.15) is 0 Å². The Morgan fingerprint density at radius 3 is 2.59 bits per heavy atom. The molecule has 200 valence electrons. The van der Waals surface area contributed by atoms with E-state index in [1.54, 1.807) is 36.8 Å². The average molecular weight is 569 g/mol. The minimum atomic E-state index is -4.54. The molecule has 39 heavy (non-hydrogen) atoms. The number of hydrogen-bond donors (Lipinski definition) is 5. The highest BCUT2D eigenvalue weighted by atomic mass is 32.1. The summed E-state index contributed by atoms with van der Waals surface area (Å²) in [5, 5.41) is 12.3. The van der Waals surface area contributed by atoms with Gasteiger partial charge in [-0.15, -0.1) is 11.3 Å². The van der Waals surface area contributed by atoms with Crippen LogP contribution in [0.2, 0.25) is 0 Å². The standard InChI is InChI=1S/C25H22FN6O5PS/c26-17-2-1-3-19(10-17)31-25(33)30-18-6-4-15(5-7-18)21-14-39-23-20(12-28-24(27)22(21)23)16-11-29-32(13-16)8-9-37-38(34,35)36/h1-7,10-14H,8-9H2,(H2,27,28)(H2,30,31,33)(H2,34,35,36). The van der Waals surface area contributed by atoms with E-state index >= 15 is 0 Å². The van der Waals surface area contributed by atoms with Gasteiger partial charge in [0.1, 0.15) is 11.6 Å². The van der Waals surface area contributed by atoms with Gasteiger partial charge in [-0.05, 0) is 41.3 Å². The maximum atomic E-state index is 13.3. The summed E-state index contributed by atoms with van der Waals surface area (Å²) >= 11 is 1.50. The molecule has 11 nitrogen and oxygen atoms in total. The van der Waals surface area contributed by atoms with E-state index < -0.39 is 19.7 Å². The molecule has 3 heterocycles. The lowest BCUT2D eigenvalue weighted by Crippen LogP contribution is -2.19. The summed E-state index contributed by atoms with van der Waals surface area (Å²) < 4.78 is 31.1. The van der Waals surface area contributed by atoms with Crippen LogP contribution in [0.15, 0.2) is 72.5 Å². The number of phosphoric acid groups is 1. The Kier molecular flexibility index (Phi) is 7.42. The number of benzene rings is 2. The highest BCUT2D eigenvalue weighted by Crippen LogP contribution is 2.42. The quantitative estimate of drug-likeness (QED) is 0.157. The number of nitrogens with two attached hydrogens (primary N) is 1. The molecule has 0 aliphatic heterocycles. The second-order valence-corrected chi connectivity index (χ2v) is 10.5. The first-order chi connectivity index (χ1) is 18.7. The van der Waals surface area contributed by atoms with Gasteiger partial charge >= 0.3 is 13.9 Å². The van der Waals surface area contributed by atoms with Crippen LogP contribution in [-0.2, 0) is 15.6 Å². The van der Waals surface area contributed by atoms with Gasteiger partial charge in [-0.1, -0.05) is 18.2 Å². The Morgan fingerprint density at radius 2 is 1.85 bits per heavy atom. The number of hydrogen-bond acceptors (Lipinski definition) is 7. The Hall–Kier alpha value is -4.13. The van der Waals surface area contributed by atoms with E-state index in [1.807, 2.05) is 17.5 Å². The number of rotatable bonds is 8. The molecule has 0 saturated carbocycles. The molecule has 0 aliphatic carbocycles. The van der Waals surface area contributed by atoms with Gasteiger partial charge in [0.2, 0.25) is 0 Å². The van der Waals surface area contributed by atoms with E-state index in [2.05, 4.69) is 25.2 Å². The number of phosphoric ester groups is 1. The molecule has 0 bridgehead atoms. The maximum Gasteiger partial charge on any atom is 0.469 e. The van der Waals surface area contributed by atoms with E-state index in [1.165, 1.54) is 34.2 Å². The smallest absolute Gasteiger partial charge is 0.383 e. The summed E-state index contributed by atoms with van der Waals surface area (Å²) in [6.07, 6.45) is 5.04. The third-order valence-electron chi connectivity index (χ3n) is 5.68. The second kappa shape index (κ2) is 10.9. The van der Waals surface area contributed by atoms with Crippen molar-refractivity contribution < 1.29 is 28.1 Å². The van der Waals surface area contributed by atoms with Crippen molar-refractivity contribution in [2.75, 3.05) is 23.0 Å². The van der Waals surface area contributed by atoms with Crippen LogP contribution in [0.5, 0.6) is 0 Å². The Morgan fingerprint density at radius 1 is 1.08 bits per heavy atom. The number of halogens is 1. The largest absolute Gasteiger partial charge is 0.469 e. The zero-order valence-corrected chi connectivity index (χ0v) is 21.8. The number of fused-ring (bicyclic) bond motifs is 1.